The van der Waals surface area contributed by atoms with E-state index in [-0.39, 0.29) is 24.6 Å². The van der Waals surface area contributed by atoms with Gasteiger partial charge in [-0.05, 0) is 24.7 Å². The molecule has 4 nitrogen and oxygen atoms in total. The number of esters is 1. The van der Waals surface area contributed by atoms with E-state index in [2.05, 4.69) is 20.8 Å². The molecule has 0 spiro atoms. The van der Waals surface area contributed by atoms with E-state index in [1.807, 2.05) is 0 Å². The maximum atomic E-state index is 12.8. The van der Waals surface area contributed by atoms with Crippen LogP contribution in [-0.2, 0) is 9.53 Å². The average Bonchev–Trinajstić information content (AvgIpc) is 2.84. The van der Waals surface area contributed by atoms with Gasteiger partial charge in [0.05, 0.1) is 13.0 Å². The number of hydrogen-bond donors (Lipinski definition) is 2. The van der Waals surface area contributed by atoms with Crippen molar-refractivity contribution in [3.8, 4) is 0 Å². The highest BCUT2D eigenvalue weighted by Gasteiger charge is 2.32. The summed E-state index contributed by atoms with van der Waals surface area (Å²) in [5.41, 5.74) is 0.0293. The normalized spacial score (nSPS) is 12.7. The molecule has 1 unspecified atom stereocenters. The predicted molar refractivity (Wildman–Crippen MR) is 145 cm³/mol. The van der Waals surface area contributed by atoms with E-state index in [1.165, 1.54) is 116 Å². The third-order valence-corrected chi connectivity index (χ3v) is 7.35. The van der Waals surface area contributed by atoms with Gasteiger partial charge >= 0.3 is 5.97 Å². The van der Waals surface area contributed by atoms with E-state index in [9.17, 15) is 9.90 Å². The van der Waals surface area contributed by atoms with Gasteiger partial charge in [0.2, 0.25) is 0 Å². The van der Waals surface area contributed by atoms with Crippen LogP contribution in [0, 0.1) is 5.41 Å². The number of aliphatic hydroxyl groups excluding tert-OH is 2. The summed E-state index contributed by atoms with van der Waals surface area (Å²) < 4.78 is 5.38. The molecule has 2 N–H and O–H groups in total. The van der Waals surface area contributed by atoms with Gasteiger partial charge in [0.1, 0.15) is 12.7 Å². The first-order valence-electron chi connectivity index (χ1n) is 15.0. The van der Waals surface area contributed by atoms with Crippen molar-refractivity contribution in [2.75, 3.05) is 13.2 Å². The van der Waals surface area contributed by atoms with Crippen LogP contribution in [-0.4, -0.2) is 35.5 Å². The summed E-state index contributed by atoms with van der Waals surface area (Å²) in [6.45, 7) is 6.30. The number of unbranched alkanes of at least 4 members (excludes halogenated alkanes) is 15. The van der Waals surface area contributed by atoms with Crippen LogP contribution in [0.15, 0.2) is 0 Å². The summed E-state index contributed by atoms with van der Waals surface area (Å²) in [6.07, 6.45) is 25.8. The minimum absolute atomic E-state index is 0.0293. The van der Waals surface area contributed by atoms with Crippen LogP contribution in [0.5, 0.6) is 0 Å². The van der Waals surface area contributed by atoms with Gasteiger partial charge in [-0.3, -0.25) is 4.79 Å². The molecule has 204 valence electrons. The minimum atomic E-state index is -0.978. The van der Waals surface area contributed by atoms with E-state index in [1.54, 1.807) is 0 Å². The van der Waals surface area contributed by atoms with Gasteiger partial charge < -0.3 is 14.9 Å². The van der Waals surface area contributed by atoms with Crippen LogP contribution in [0.3, 0.4) is 0 Å². The largest absolute Gasteiger partial charge is 0.463 e. The highest BCUT2D eigenvalue weighted by atomic mass is 16.5. The van der Waals surface area contributed by atoms with Gasteiger partial charge in [-0.2, -0.15) is 0 Å². The van der Waals surface area contributed by atoms with Gasteiger partial charge in [0.25, 0.3) is 0 Å². The zero-order valence-electron chi connectivity index (χ0n) is 23.3. The van der Waals surface area contributed by atoms with Gasteiger partial charge in [-0.1, -0.05) is 136 Å². The molecule has 1 atom stereocenters. The molecule has 0 fully saturated rings. The van der Waals surface area contributed by atoms with Crippen molar-refractivity contribution >= 4 is 5.97 Å². The molecule has 0 saturated carbocycles. The average molecular weight is 485 g/mol. The van der Waals surface area contributed by atoms with Crippen molar-refractivity contribution in [2.24, 2.45) is 5.41 Å². The molecule has 0 radical (unpaired) electrons. The molecule has 0 aromatic carbocycles. The molecule has 0 saturated heterocycles. The molecule has 0 aliphatic carbocycles. The summed E-state index contributed by atoms with van der Waals surface area (Å²) in [7, 11) is 0. The SMILES string of the molecule is CCCCCCCCC(CCCCCCCC)(CCCCCCCC)CC(=O)OCC(O)CO. The monoisotopic (exact) mass is 484 g/mol. The molecule has 4 heteroatoms. The summed E-state index contributed by atoms with van der Waals surface area (Å²) in [5, 5.41) is 18.7. The first-order chi connectivity index (χ1) is 16.5. The lowest BCUT2D eigenvalue weighted by molar-refractivity contribution is -0.150. The second-order valence-electron chi connectivity index (χ2n) is 10.7. The summed E-state index contributed by atoms with van der Waals surface area (Å²) in [4.78, 5) is 12.8. The lowest BCUT2D eigenvalue weighted by Crippen LogP contribution is -2.29. The fraction of sp³-hybridized carbons (Fsp3) is 0.967. The van der Waals surface area contributed by atoms with Crippen LogP contribution in [0.1, 0.15) is 162 Å². The quantitative estimate of drug-likeness (QED) is 0.0953. The first-order valence-corrected chi connectivity index (χ1v) is 15.0. The van der Waals surface area contributed by atoms with E-state index in [0.29, 0.717) is 6.42 Å². The second-order valence-corrected chi connectivity index (χ2v) is 10.7. The summed E-state index contributed by atoms with van der Waals surface area (Å²) in [5.74, 6) is -0.199. The topological polar surface area (TPSA) is 66.8 Å². The van der Waals surface area contributed by atoms with E-state index >= 15 is 0 Å². The van der Waals surface area contributed by atoms with E-state index in [0.717, 1.165) is 19.3 Å². The molecular formula is C30H60O4. The molecule has 0 aliphatic heterocycles. The fourth-order valence-electron chi connectivity index (χ4n) is 5.08. The fourth-order valence-corrected chi connectivity index (χ4v) is 5.08. The van der Waals surface area contributed by atoms with Gasteiger partial charge in [0.15, 0.2) is 0 Å². The second kappa shape index (κ2) is 24.1. The minimum Gasteiger partial charge on any atom is -0.463 e. The van der Waals surface area contributed by atoms with Gasteiger partial charge in [-0.25, -0.2) is 0 Å². The highest BCUT2D eigenvalue weighted by molar-refractivity contribution is 5.70. The van der Waals surface area contributed by atoms with Crippen LogP contribution in [0.2, 0.25) is 0 Å². The first kappa shape index (κ1) is 33.4. The van der Waals surface area contributed by atoms with Crippen molar-refractivity contribution in [1.82, 2.24) is 0 Å². The molecule has 34 heavy (non-hydrogen) atoms. The third kappa shape index (κ3) is 19.7. The van der Waals surface area contributed by atoms with Crippen LogP contribution < -0.4 is 0 Å². The van der Waals surface area contributed by atoms with Crippen molar-refractivity contribution in [2.45, 2.75) is 168 Å². The Balaban J connectivity index is 5.02. The zero-order valence-corrected chi connectivity index (χ0v) is 23.3. The maximum Gasteiger partial charge on any atom is 0.306 e. The zero-order chi connectivity index (χ0) is 25.3. The van der Waals surface area contributed by atoms with Crippen molar-refractivity contribution in [3.63, 3.8) is 0 Å². The van der Waals surface area contributed by atoms with Gasteiger partial charge in [0, 0.05) is 0 Å². The van der Waals surface area contributed by atoms with E-state index in [4.69, 9.17) is 9.84 Å². The molecule has 0 aromatic heterocycles. The van der Waals surface area contributed by atoms with Crippen LogP contribution in [0.25, 0.3) is 0 Å². The maximum absolute atomic E-state index is 12.8. The lowest BCUT2D eigenvalue weighted by atomic mass is 9.71. The Morgan fingerprint density at radius 2 is 1.00 bits per heavy atom. The summed E-state index contributed by atoms with van der Waals surface area (Å²) in [6, 6.07) is 0. The Morgan fingerprint density at radius 1 is 0.647 bits per heavy atom. The Morgan fingerprint density at radius 3 is 1.35 bits per heavy atom. The number of carbonyl (C=O) groups is 1. The molecule has 0 aliphatic rings. The number of carbonyl (C=O) groups excluding carboxylic acids is 1. The number of hydrogen-bond acceptors (Lipinski definition) is 4. The molecule has 0 heterocycles. The number of rotatable bonds is 26. The lowest BCUT2D eigenvalue weighted by Gasteiger charge is -2.34. The number of ether oxygens (including phenoxy) is 1. The van der Waals surface area contributed by atoms with Crippen LogP contribution in [0.4, 0.5) is 0 Å². The predicted octanol–water partition coefficient (Wildman–Crippen LogP) is 8.51. The smallest absolute Gasteiger partial charge is 0.306 e. The van der Waals surface area contributed by atoms with Crippen molar-refractivity contribution in [3.05, 3.63) is 0 Å². The third-order valence-electron chi connectivity index (χ3n) is 7.35. The van der Waals surface area contributed by atoms with Crippen molar-refractivity contribution in [1.29, 1.82) is 0 Å². The van der Waals surface area contributed by atoms with Crippen LogP contribution >= 0.6 is 0 Å². The molecule has 0 bridgehead atoms. The Labute approximate surface area is 212 Å². The van der Waals surface area contributed by atoms with E-state index < -0.39 is 6.10 Å². The number of aliphatic hydroxyl groups is 2. The highest BCUT2D eigenvalue weighted by Crippen LogP contribution is 2.41. The Bertz CT molecular complexity index is 397. The molecule has 0 amide bonds. The summed E-state index contributed by atoms with van der Waals surface area (Å²) >= 11 is 0. The molecule has 0 aromatic rings. The van der Waals surface area contributed by atoms with Gasteiger partial charge in [-0.15, -0.1) is 0 Å². The molecular weight excluding hydrogens is 424 g/mol. The standard InChI is InChI=1S/C30H60O4/c1-4-7-10-13-16-19-22-30(23-20-17-14-11-8-5-2,24-21-18-15-12-9-6-3)25-29(33)34-27-28(32)26-31/h28,31-32H,4-27H2,1-3H3. The Hall–Kier alpha value is -0.610. The Kier molecular flexibility index (Phi) is 23.7. The molecule has 0 rings (SSSR count). The van der Waals surface area contributed by atoms with Crippen molar-refractivity contribution < 1.29 is 19.7 Å².